The summed E-state index contributed by atoms with van der Waals surface area (Å²) in [7, 11) is 1.86. The smallest absolute Gasteiger partial charge is 0.315 e. The van der Waals surface area contributed by atoms with Crippen LogP contribution in [0.1, 0.15) is 29.2 Å². The lowest BCUT2D eigenvalue weighted by atomic mass is 10.2. The van der Waals surface area contributed by atoms with Crippen LogP contribution >= 0.6 is 11.3 Å². The van der Waals surface area contributed by atoms with Crippen LogP contribution in [0.15, 0.2) is 6.07 Å². The van der Waals surface area contributed by atoms with E-state index < -0.39 is 12.7 Å². The van der Waals surface area contributed by atoms with Gasteiger partial charge in [-0.3, -0.25) is 4.90 Å². The Morgan fingerprint density at radius 2 is 2.00 bits per heavy atom. The summed E-state index contributed by atoms with van der Waals surface area (Å²) < 4.78 is 37.6. The number of nitrogens with zero attached hydrogens (tertiary/aromatic N) is 1. The van der Waals surface area contributed by atoms with Crippen molar-refractivity contribution in [3.05, 3.63) is 21.4 Å². The molecule has 0 saturated heterocycles. The van der Waals surface area contributed by atoms with Gasteiger partial charge >= 0.3 is 6.18 Å². The van der Waals surface area contributed by atoms with Crippen molar-refractivity contribution in [3.63, 3.8) is 0 Å². The van der Waals surface area contributed by atoms with Crippen LogP contribution in [0.4, 0.5) is 13.2 Å². The minimum atomic E-state index is -4.15. The van der Waals surface area contributed by atoms with Gasteiger partial charge in [0.15, 0.2) is 0 Å². The van der Waals surface area contributed by atoms with Crippen molar-refractivity contribution in [2.45, 2.75) is 46.1 Å². The number of rotatable bonds is 6. The molecule has 0 amide bonds. The van der Waals surface area contributed by atoms with Gasteiger partial charge in [-0.1, -0.05) is 0 Å². The minimum absolute atomic E-state index is 0.131. The number of hydrogen-bond donors (Lipinski definition) is 1. The SMILES string of the molecule is CNCc1cc(CN(CC(F)(F)F)C(C)C)c(C)s1. The van der Waals surface area contributed by atoms with E-state index in [4.69, 9.17) is 0 Å². The van der Waals surface area contributed by atoms with Crippen molar-refractivity contribution in [3.8, 4) is 0 Å². The Labute approximate surface area is 116 Å². The Kier molecular flexibility index (Phi) is 5.82. The summed E-state index contributed by atoms with van der Waals surface area (Å²) in [6.45, 7) is 5.80. The Hall–Kier alpha value is -0.590. The third kappa shape index (κ3) is 5.50. The molecule has 0 fully saturated rings. The summed E-state index contributed by atoms with van der Waals surface area (Å²) in [5.74, 6) is 0. The van der Waals surface area contributed by atoms with Crippen molar-refractivity contribution >= 4 is 11.3 Å². The normalized spacial score (nSPS) is 12.7. The predicted molar refractivity (Wildman–Crippen MR) is 73.4 cm³/mol. The highest BCUT2D eigenvalue weighted by atomic mass is 32.1. The molecule has 1 rings (SSSR count). The second kappa shape index (κ2) is 6.72. The second-order valence-electron chi connectivity index (χ2n) is 4.94. The van der Waals surface area contributed by atoms with Gasteiger partial charge in [0.25, 0.3) is 0 Å². The summed E-state index contributed by atoms with van der Waals surface area (Å²) in [6, 6.07) is 1.87. The number of halogens is 3. The summed E-state index contributed by atoms with van der Waals surface area (Å²) >= 11 is 1.64. The Morgan fingerprint density at radius 3 is 2.47 bits per heavy atom. The van der Waals surface area contributed by atoms with Gasteiger partial charge in [0, 0.05) is 28.9 Å². The van der Waals surface area contributed by atoms with Gasteiger partial charge in [-0.15, -0.1) is 11.3 Å². The molecule has 0 atom stereocenters. The van der Waals surface area contributed by atoms with E-state index in [1.807, 2.05) is 20.0 Å². The first-order chi connectivity index (χ1) is 8.73. The number of alkyl halides is 3. The summed E-state index contributed by atoms with van der Waals surface area (Å²) in [5.41, 5.74) is 0.994. The van der Waals surface area contributed by atoms with E-state index in [0.717, 1.165) is 21.9 Å². The van der Waals surface area contributed by atoms with Gasteiger partial charge in [0.05, 0.1) is 6.54 Å². The molecule has 0 radical (unpaired) electrons. The molecular weight excluding hydrogens is 273 g/mol. The molecule has 0 saturated carbocycles. The largest absolute Gasteiger partial charge is 0.401 e. The lowest BCUT2D eigenvalue weighted by molar-refractivity contribution is -0.150. The molecular formula is C13H21F3N2S. The van der Waals surface area contributed by atoms with Crippen molar-refractivity contribution < 1.29 is 13.2 Å². The van der Waals surface area contributed by atoms with Crippen LogP contribution in [0.2, 0.25) is 0 Å². The molecule has 0 bridgehead atoms. The minimum Gasteiger partial charge on any atom is -0.315 e. The lowest BCUT2D eigenvalue weighted by Gasteiger charge is -2.27. The topological polar surface area (TPSA) is 15.3 Å². The number of thiophene rings is 1. The second-order valence-corrected chi connectivity index (χ2v) is 6.28. The zero-order chi connectivity index (χ0) is 14.6. The monoisotopic (exact) mass is 294 g/mol. The molecule has 0 aliphatic rings. The first-order valence-corrected chi connectivity index (χ1v) is 7.08. The third-order valence-corrected chi connectivity index (χ3v) is 4.00. The molecule has 110 valence electrons. The standard InChI is InChI=1S/C13H21F3N2S/c1-9(2)18(8-13(14,15)16)7-11-5-12(6-17-4)19-10(11)3/h5,9,17H,6-8H2,1-4H3. The van der Waals surface area contributed by atoms with Crippen molar-refractivity contribution in [2.24, 2.45) is 0 Å². The van der Waals surface area contributed by atoms with Crippen LogP contribution in [0.5, 0.6) is 0 Å². The van der Waals surface area contributed by atoms with Gasteiger partial charge in [-0.05, 0) is 39.4 Å². The molecule has 6 heteroatoms. The maximum atomic E-state index is 12.5. The van der Waals surface area contributed by atoms with Crippen LogP contribution in [-0.2, 0) is 13.1 Å². The fourth-order valence-electron chi connectivity index (χ4n) is 1.88. The zero-order valence-electron chi connectivity index (χ0n) is 11.8. The summed E-state index contributed by atoms with van der Waals surface area (Å²) in [5, 5.41) is 3.06. The molecule has 0 aromatic carbocycles. The van der Waals surface area contributed by atoms with E-state index in [2.05, 4.69) is 5.32 Å². The molecule has 1 aromatic rings. The van der Waals surface area contributed by atoms with Gasteiger partial charge in [-0.25, -0.2) is 0 Å². The van der Waals surface area contributed by atoms with Crippen molar-refractivity contribution in [1.29, 1.82) is 0 Å². The lowest BCUT2D eigenvalue weighted by Crippen LogP contribution is -2.38. The molecule has 2 nitrogen and oxygen atoms in total. The quantitative estimate of drug-likeness (QED) is 0.863. The van der Waals surface area contributed by atoms with Crippen LogP contribution in [0, 0.1) is 6.92 Å². The van der Waals surface area contributed by atoms with E-state index in [9.17, 15) is 13.2 Å². The molecule has 0 aliphatic heterocycles. The Balaban J connectivity index is 2.79. The van der Waals surface area contributed by atoms with Gasteiger partial charge in [0.2, 0.25) is 0 Å². The van der Waals surface area contributed by atoms with Gasteiger partial charge in [-0.2, -0.15) is 13.2 Å². The maximum Gasteiger partial charge on any atom is 0.401 e. The fraction of sp³-hybridized carbons (Fsp3) is 0.692. The zero-order valence-corrected chi connectivity index (χ0v) is 12.6. The third-order valence-electron chi connectivity index (χ3n) is 2.91. The van der Waals surface area contributed by atoms with Crippen LogP contribution in [0.3, 0.4) is 0 Å². The average molecular weight is 294 g/mol. The van der Waals surface area contributed by atoms with E-state index >= 15 is 0 Å². The Morgan fingerprint density at radius 1 is 1.37 bits per heavy atom. The van der Waals surface area contributed by atoms with E-state index in [1.165, 1.54) is 4.90 Å². The van der Waals surface area contributed by atoms with E-state index in [0.29, 0.717) is 6.54 Å². The van der Waals surface area contributed by atoms with E-state index in [-0.39, 0.29) is 6.04 Å². The molecule has 1 N–H and O–H groups in total. The van der Waals surface area contributed by atoms with Gasteiger partial charge in [0.1, 0.15) is 0 Å². The summed E-state index contributed by atoms with van der Waals surface area (Å²) in [4.78, 5) is 3.71. The predicted octanol–water partition coefficient (Wildman–Crippen LogP) is 3.55. The molecule has 0 spiro atoms. The van der Waals surface area contributed by atoms with Gasteiger partial charge < -0.3 is 5.32 Å². The number of hydrogen-bond acceptors (Lipinski definition) is 3. The first kappa shape index (κ1) is 16.5. The Bertz CT molecular complexity index is 399. The molecule has 0 unspecified atom stereocenters. The number of nitrogens with one attached hydrogen (secondary N) is 1. The molecule has 1 aromatic heterocycles. The van der Waals surface area contributed by atoms with Crippen molar-refractivity contribution in [1.82, 2.24) is 10.2 Å². The highest BCUT2D eigenvalue weighted by Crippen LogP contribution is 2.25. The van der Waals surface area contributed by atoms with Crippen LogP contribution in [-0.4, -0.2) is 30.7 Å². The van der Waals surface area contributed by atoms with E-state index in [1.54, 1.807) is 25.2 Å². The molecule has 19 heavy (non-hydrogen) atoms. The summed E-state index contributed by atoms with van der Waals surface area (Å²) in [6.07, 6.45) is -4.15. The van der Waals surface area contributed by atoms with Crippen molar-refractivity contribution in [2.75, 3.05) is 13.6 Å². The molecule has 1 heterocycles. The fourth-order valence-corrected chi connectivity index (χ4v) is 2.94. The first-order valence-electron chi connectivity index (χ1n) is 6.26. The maximum absolute atomic E-state index is 12.5. The average Bonchev–Trinajstić information content (AvgIpc) is 2.57. The highest BCUT2D eigenvalue weighted by Gasteiger charge is 2.32. The number of aryl methyl sites for hydroxylation is 1. The molecule has 0 aliphatic carbocycles. The van der Waals surface area contributed by atoms with Crippen LogP contribution in [0.25, 0.3) is 0 Å². The van der Waals surface area contributed by atoms with Crippen LogP contribution < -0.4 is 5.32 Å². The highest BCUT2D eigenvalue weighted by molar-refractivity contribution is 7.12.